The minimum absolute atomic E-state index is 0.430. The second-order valence-corrected chi connectivity index (χ2v) is 4.01. The fourth-order valence-electron chi connectivity index (χ4n) is 1.84. The van der Waals surface area contributed by atoms with Gasteiger partial charge in [-0.25, -0.2) is 15.0 Å². The Kier molecular flexibility index (Phi) is 5.14. The molecule has 2 aromatic heterocycles. The van der Waals surface area contributed by atoms with Crippen molar-refractivity contribution in [3.8, 4) is 17.6 Å². The number of nitrogens with zero attached hydrogens (tertiary/aromatic N) is 3. The molecule has 7 nitrogen and oxygen atoms in total. The Balaban J connectivity index is 2.20. The van der Waals surface area contributed by atoms with Gasteiger partial charge in [0.15, 0.2) is 0 Å². The summed E-state index contributed by atoms with van der Waals surface area (Å²) in [6.07, 6.45) is 3.08. The van der Waals surface area contributed by atoms with Crippen molar-refractivity contribution in [3.05, 3.63) is 30.2 Å². The van der Waals surface area contributed by atoms with Gasteiger partial charge in [-0.1, -0.05) is 0 Å². The summed E-state index contributed by atoms with van der Waals surface area (Å²) in [6, 6.07) is 3.72. The average Bonchev–Trinajstić information content (AvgIpc) is 2.54. The molecule has 0 aliphatic carbocycles. The predicted octanol–water partition coefficient (Wildman–Crippen LogP) is 1.90. The van der Waals surface area contributed by atoms with Crippen LogP contribution >= 0.6 is 0 Å². The van der Waals surface area contributed by atoms with Gasteiger partial charge in [-0.15, -0.1) is 0 Å². The lowest BCUT2D eigenvalue weighted by atomic mass is 10.3. The van der Waals surface area contributed by atoms with Crippen LogP contribution in [0, 0.1) is 0 Å². The molecule has 0 unspecified atom stereocenters. The van der Waals surface area contributed by atoms with Crippen molar-refractivity contribution in [3.63, 3.8) is 0 Å². The van der Waals surface area contributed by atoms with Gasteiger partial charge in [0.1, 0.15) is 6.33 Å². The quantitative estimate of drug-likeness (QED) is 0.834. The molecule has 0 radical (unpaired) electrons. The Morgan fingerprint density at radius 2 is 1.76 bits per heavy atom. The van der Waals surface area contributed by atoms with Gasteiger partial charge < -0.3 is 19.5 Å². The molecular weight excluding hydrogens is 272 g/mol. The van der Waals surface area contributed by atoms with Crippen LogP contribution in [-0.2, 0) is 6.54 Å². The first-order valence-electron chi connectivity index (χ1n) is 6.53. The molecule has 0 bridgehead atoms. The third-order valence-electron chi connectivity index (χ3n) is 2.76. The first-order chi connectivity index (χ1) is 10.3. The molecule has 1 N–H and O–H groups in total. The summed E-state index contributed by atoms with van der Waals surface area (Å²) < 4.78 is 15.9. The zero-order chi connectivity index (χ0) is 15.1. The molecule has 0 aromatic carbocycles. The zero-order valence-corrected chi connectivity index (χ0v) is 12.3. The second kappa shape index (κ2) is 7.28. The minimum Gasteiger partial charge on any atom is -0.481 e. The Labute approximate surface area is 123 Å². The van der Waals surface area contributed by atoms with E-state index in [-0.39, 0.29) is 0 Å². The van der Waals surface area contributed by atoms with Gasteiger partial charge in [-0.3, -0.25) is 0 Å². The first kappa shape index (κ1) is 14.8. The lowest BCUT2D eigenvalue weighted by molar-refractivity contribution is 0.328. The van der Waals surface area contributed by atoms with E-state index < -0.39 is 0 Å². The molecule has 0 atom stereocenters. The predicted molar refractivity (Wildman–Crippen MR) is 77.9 cm³/mol. The van der Waals surface area contributed by atoms with E-state index in [1.54, 1.807) is 20.4 Å². The number of pyridine rings is 1. The number of hydrogen-bond acceptors (Lipinski definition) is 7. The van der Waals surface area contributed by atoms with Crippen LogP contribution in [-0.4, -0.2) is 35.8 Å². The highest BCUT2D eigenvalue weighted by molar-refractivity contribution is 5.53. The maximum atomic E-state index is 5.47. The summed E-state index contributed by atoms with van der Waals surface area (Å²) >= 11 is 0. The normalized spacial score (nSPS) is 10.0. The van der Waals surface area contributed by atoms with E-state index in [9.17, 15) is 0 Å². The van der Waals surface area contributed by atoms with Crippen LogP contribution in [0.5, 0.6) is 17.6 Å². The molecule has 0 aliphatic heterocycles. The Morgan fingerprint density at radius 3 is 2.38 bits per heavy atom. The molecule has 0 aliphatic rings. The van der Waals surface area contributed by atoms with E-state index in [2.05, 4.69) is 20.3 Å². The van der Waals surface area contributed by atoms with E-state index >= 15 is 0 Å². The van der Waals surface area contributed by atoms with Crippen molar-refractivity contribution in [1.82, 2.24) is 15.0 Å². The second-order valence-electron chi connectivity index (χ2n) is 4.01. The number of ether oxygens (including phenoxy) is 3. The molecule has 0 saturated carbocycles. The van der Waals surface area contributed by atoms with Crippen LogP contribution in [0.4, 0.5) is 5.69 Å². The van der Waals surface area contributed by atoms with Crippen LogP contribution in [0.1, 0.15) is 12.5 Å². The number of nitrogens with one attached hydrogen (secondary N) is 1. The van der Waals surface area contributed by atoms with E-state index in [0.717, 1.165) is 11.3 Å². The summed E-state index contributed by atoms with van der Waals surface area (Å²) in [7, 11) is 3.11. The summed E-state index contributed by atoms with van der Waals surface area (Å²) in [5.74, 6) is 1.49. The lowest BCUT2D eigenvalue weighted by Gasteiger charge is -2.14. The molecule has 2 aromatic rings. The molecule has 0 amide bonds. The Hall–Kier alpha value is -2.57. The highest BCUT2D eigenvalue weighted by atomic mass is 16.5. The fourth-order valence-corrected chi connectivity index (χ4v) is 1.84. The molecule has 7 heteroatoms. The highest BCUT2D eigenvalue weighted by Crippen LogP contribution is 2.26. The molecule has 0 saturated heterocycles. The maximum absolute atomic E-state index is 5.47. The Bertz CT molecular complexity index is 570. The summed E-state index contributed by atoms with van der Waals surface area (Å²) in [6.45, 7) is 2.89. The van der Waals surface area contributed by atoms with Crippen molar-refractivity contribution in [2.45, 2.75) is 13.5 Å². The first-order valence-corrected chi connectivity index (χ1v) is 6.53. The average molecular weight is 290 g/mol. The van der Waals surface area contributed by atoms with Crippen molar-refractivity contribution < 1.29 is 14.2 Å². The smallest absolute Gasteiger partial charge is 0.237 e. The topological polar surface area (TPSA) is 78.4 Å². The number of aromatic nitrogens is 3. The van der Waals surface area contributed by atoms with Crippen LogP contribution < -0.4 is 19.5 Å². The van der Waals surface area contributed by atoms with E-state index in [0.29, 0.717) is 30.8 Å². The largest absolute Gasteiger partial charge is 0.481 e. The maximum Gasteiger partial charge on any atom is 0.237 e. The Morgan fingerprint density at radius 1 is 1.05 bits per heavy atom. The van der Waals surface area contributed by atoms with Gasteiger partial charge in [0.2, 0.25) is 17.6 Å². The van der Waals surface area contributed by atoms with Crippen LogP contribution in [0.2, 0.25) is 0 Å². The van der Waals surface area contributed by atoms with Crippen molar-refractivity contribution in [1.29, 1.82) is 0 Å². The number of anilines is 1. The standard InChI is InChI=1S/C14H18N4O3/c1-4-21-14-11(6-5-7-15-14)16-8-10-12(19-2)17-9-18-13(10)20-3/h5-7,9,16H,4,8H2,1-3H3. The van der Waals surface area contributed by atoms with Crippen LogP contribution in [0.25, 0.3) is 0 Å². The van der Waals surface area contributed by atoms with Gasteiger partial charge >= 0.3 is 0 Å². The molecule has 2 rings (SSSR count). The highest BCUT2D eigenvalue weighted by Gasteiger charge is 2.13. The van der Waals surface area contributed by atoms with Gasteiger partial charge in [0, 0.05) is 6.20 Å². The van der Waals surface area contributed by atoms with Crippen molar-refractivity contribution in [2.75, 3.05) is 26.1 Å². The zero-order valence-electron chi connectivity index (χ0n) is 12.3. The van der Waals surface area contributed by atoms with Gasteiger partial charge in [-0.05, 0) is 19.1 Å². The van der Waals surface area contributed by atoms with Crippen molar-refractivity contribution in [2.24, 2.45) is 0 Å². The molecular formula is C14H18N4O3. The van der Waals surface area contributed by atoms with Gasteiger partial charge in [0.25, 0.3) is 0 Å². The molecule has 2 heterocycles. The summed E-state index contributed by atoms with van der Waals surface area (Å²) in [4.78, 5) is 12.3. The third-order valence-corrected chi connectivity index (χ3v) is 2.76. The summed E-state index contributed by atoms with van der Waals surface area (Å²) in [5, 5.41) is 3.24. The van der Waals surface area contributed by atoms with E-state index in [1.807, 2.05) is 19.1 Å². The van der Waals surface area contributed by atoms with Crippen molar-refractivity contribution >= 4 is 5.69 Å². The monoisotopic (exact) mass is 290 g/mol. The fraction of sp³-hybridized carbons (Fsp3) is 0.357. The van der Waals surface area contributed by atoms with Crippen LogP contribution in [0.15, 0.2) is 24.7 Å². The van der Waals surface area contributed by atoms with Gasteiger partial charge in [0.05, 0.1) is 38.6 Å². The molecule has 0 fully saturated rings. The summed E-state index contributed by atoms with van der Waals surface area (Å²) in [5.41, 5.74) is 1.51. The van der Waals surface area contributed by atoms with Crippen LogP contribution in [0.3, 0.4) is 0 Å². The molecule has 21 heavy (non-hydrogen) atoms. The SMILES string of the molecule is CCOc1ncccc1NCc1c(OC)ncnc1OC. The molecule has 0 spiro atoms. The number of rotatable bonds is 7. The number of methoxy groups -OCH3 is 2. The van der Waals surface area contributed by atoms with E-state index in [1.165, 1.54) is 6.33 Å². The molecule has 112 valence electrons. The lowest BCUT2D eigenvalue weighted by Crippen LogP contribution is -2.08. The third kappa shape index (κ3) is 3.50. The minimum atomic E-state index is 0.430. The van der Waals surface area contributed by atoms with E-state index in [4.69, 9.17) is 14.2 Å². The number of hydrogen-bond donors (Lipinski definition) is 1. The van der Waals surface area contributed by atoms with Gasteiger partial charge in [-0.2, -0.15) is 0 Å².